The molecule has 3 aromatic rings. The molecule has 1 aliphatic rings. The van der Waals surface area contributed by atoms with Gasteiger partial charge < -0.3 is 10.1 Å². The van der Waals surface area contributed by atoms with E-state index in [1.807, 2.05) is 6.07 Å². The molecule has 1 N–H and O–H groups in total. The summed E-state index contributed by atoms with van der Waals surface area (Å²) in [5.74, 6) is -0.452. The van der Waals surface area contributed by atoms with Gasteiger partial charge in [-0.15, -0.1) is 0 Å². The first kappa shape index (κ1) is 20.0. The van der Waals surface area contributed by atoms with Gasteiger partial charge in [0.1, 0.15) is 11.4 Å². The predicted octanol–water partition coefficient (Wildman–Crippen LogP) is 5.40. The highest BCUT2D eigenvalue weighted by molar-refractivity contribution is 6.48. The first-order chi connectivity index (χ1) is 14.5. The fraction of sp³-hybridized carbons (Fsp3) is 0.0435. The molecular formula is C23H16Cl2N2O3. The first-order valence-corrected chi connectivity index (χ1v) is 9.80. The van der Waals surface area contributed by atoms with E-state index in [0.717, 1.165) is 4.90 Å². The van der Waals surface area contributed by atoms with Crippen molar-refractivity contribution in [2.45, 2.75) is 0 Å². The number of methoxy groups -OCH3 is 1. The van der Waals surface area contributed by atoms with Gasteiger partial charge in [0.05, 0.1) is 28.4 Å². The lowest BCUT2D eigenvalue weighted by Gasteiger charge is -2.16. The molecule has 0 radical (unpaired) electrons. The number of carbonyl (C=O) groups is 2. The number of hydrogen-bond acceptors (Lipinski definition) is 4. The topological polar surface area (TPSA) is 58.6 Å². The molecule has 0 aromatic heterocycles. The largest absolute Gasteiger partial charge is 0.495 e. The summed E-state index contributed by atoms with van der Waals surface area (Å²) >= 11 is 12.5. The van der Waals surface area contributed by atoms with E-state index in [1.54, 1.807) is 66.7 Å². The van der Waals surface area contributed by atoms with Gasteiger partial charge in [-0.1, -0.05) is 65.7 Å². The second-order valence-electron chi connectivity index (χ2n) is 6.49. The van der Waals surface area contributed by atoms with Crippen LogP contribution in [0.3, 0.4) is 0 Å². The van der Waals surface area contributed by atoms with Crippen molar-refractivity contribution in [3.63, 3.8) is 0 Å². The fourth-order valence-electron chi connectivity index (χ4n) is 3.26. The Morgan fingerprint density at radius 2 is 1.53 bits per heavy atom. The molecule has 0 saturated carbocycles. The van der Waals surface area contributed by atoms with Crippen molar-refractivity contribution in [2.24, 2.45) is 0 Å². The Bertz CT molecular complexity index is 1180. The average molecular weight is 439 g/mol. The van der Waals surface area contributed by atoms with Crippen LogP contribution in [-0.4, -0.2) is 18.9 Å². The summed E-state index contributed by atoms with van der Waals surface area (Å²) in [6.07, 6.45) is 0. The highest BCUT2D eigenvalue weighted by Crippen LogP contribution is 2.37. The maximum atomic E-state index is 13.3. The summed E-state index contributed by atoms with van der Waals surface area (Å²) in [6, 6.07) is 20.8. The van der Waals surface area contributed by atoms with Crippen molar-refractivity contribution in [1.82, 2.24) is 0 Å². The standard InChI is InChI=1S/C23H16Cl2N2O3/c1-30-19-12-11-15(13-17(19)25)26-21-20(14-7-3-2-4-8-14)22(28)27(23(21)29)18-10-6-5-9-16(18)24/h2-13,26H,1H3. The van der Waals surface area contributed by atoms with Crippen LogP contribution in [0.5, 0.6) is 5.75 Å². The van der Waals surface area contributed by atoms with Crippen molar-refractivity contribution < 1.29 is 14.3 Å². The Balaban J connectivity index is 1.82. The molecule has 5 nitrogen and oxygen atoms in total. The van der Waals surface area contributed by atoms with Crippen LogP contribution in [0.25, 0.3) is 5.57 Å². The van der Waals surface area contributed by atoms with E-state index < -0.39 is 11.8 Å². The Labute approximate surface area is 183 Å². The summed E-state index contributed by atoms with van der Waals surface area (Å²) in [4.78, 5) is 27.8. The van der Waals surface area contributed by atoms with Crippen LogP contribution in [0, 0.1) is 0 Å². The molecule has 4 rings (SSSR count). The maximum Gasteiger partial charge on any atom is 0.282 e. The molecule has 0 aliphatic carbocycles. The molecule has 0 bridgehead atoms. The Morgan fingerprint density at radius 1 is 0.833 bits per heavy atom. The van der Waals surface area contributed by atoms with E-state index in [9.17, 15) is 9.59 Å². The highest BCUT2D eigenvalue weighted by atomic mass is 35.5. The van der Waals surface area contributed by atoms with Crippen molar-refractivity contribution >= 4 is 52.0 Å². The summed E-state index contributed by atoms with van der Waals surface area (Å²) in [6.45, 7) is 0. The zero-order valence-electron chi connectivity index (χ0n) is 15.9. The molecule has 3 aromatic carbocycles. The lowest BCUT2D eigenvalue weighted by atomic mass is 10.0. The zero-order chi connectivity index (χ0) is 21.3. The van der Waals surface area contributed by atoms with Crippen LogP contribution in [0.15, 0.2) is 78.5 Å². The molecule has 1 heterocycles. The van der Waals surface area contributed by atoms with Crippen LogP contribution in [0.1, 0.15) is 5.56 Å². The van der Waals surface area contributed by atoms with E-state index in [2.05, 4.69) is 5.32 Å². The second-order valence-corrected chi connectivity index (χ2v) is 7.30. The van der Waals surface area contributed by atoms with Crippen LogP contribution in [-0.2, 0) is 9.59 Å². The molecule has 2 amide bonds. The van der Waals surface area contributed by atoms with Crippen LogP contribution >= 0.6 is 23.2 Å². The number of ether oxygens (including phenoxy) is 1. The lowest BCUT2D eigenvalue weighted by molar-refractivity contribution is -0.120. The van der Waals surface area contributed by atoms with Crippen molar-refractivity contribution in [2.75, 3.05) is 17.3 Å². The molecule has 0 fully saturated rings. The number of para-hydroxylation sites is 1. The van der Waals surface area contributed by atoms with Gasteiger partial charge in [-0.05, 0) is 35.9 Å². The summed E-state index contributed by atoms with van der Waals surface area (Å²) in [5, 5.41) is 3.75. The number of imide groups is 1. The van der Waals surface area contributed by atoms with Gasteiger partial charge in [-0.3, -0.25) is 9.59 Å². The summed E-state index contributed by atoms with van der Waals surface area (Å²) in [7, 11) is 1.52. The van der Waals surface area contributed by atoms with E-state index in [0.29, 0.717) is 32.7 Å². The number of anilines is 2. The van der Waals surface area contributed by atoms with E-state index >= 15 is 0 Å². The third-order valence-corrected chi connectivity index (χ3v) is 5.28. The Morgan fingerprint density at radius 3 is 2.20 bits per heavy atom. The average Bonchev–Trinajstić information content (AvgIpc) is 2.99. The summed E-state index contributed by atoms with van der Waals surface area (Å²) in [5.41, 5.74) is 1.89. The normalized spacial score (nSPS) is 13.8. The monoisotopic (exact) mass is 438 g/mol. The molecule has 7 heteroatoms. The molecule has 0 saturated heterocycles. The Kier molecular flexibility index (Phi) is 5.48. The summed E-state index contributed by atoms with van der Waals surface area (Å²) < 4.78 is 5.17. The number of nitrogens with zero attached hydrogens (tertiary/aromatic N) is 1. The Hall–Kier alpha value is -3.28. The fourth-order valence-corrected chi connectivity index (χ4v) is 3.74. The first-order valence-electron chi connectivity index (χ1n) is 9.05. The molecule has 1 aliphatic heterocycles. The van der Waals surface area contributed by atoms with Crippen LogP contribution < -0.4 is 15.0 Å². The number of carbonyl (C=O) groups excluding carboxylic acids is 2. The van der Waals surface area contributed by atoms with Crippen molar-refractivity contribution in [3.05, 3.63) is 94.1 Å². The number of halogens is 2. The quantitative estimate of drug-likeness (QED) is 0.541. The number of rotatable bonds is 5. The third-order valence-electron chi connectivity index (χ3n) is 4.66. The molecule has 150 valence electrons. The van der Waals surface area contributed by atoms with Gasteiger partial charge in [0.2, 0.25) is 0 Å². The number of amides is 2. The van der Waals surface area contributed by atoms with Crippen LogP contribution in [0.4, 0.5) is 11.4 Å². The second kappa shape index (κ2) is 8.22. The van der Waals surface area contributed by atoms with Crippen LogP contribution in [0.2, 0.25) is 10.0 Å². The van der Waals surface area contributed by atoms with Crippen molar-refractivity contribution in [1.29, 1.82) is 0 Å². The van der Waals surface area contributed by atoms with Gasteiger partial charge in [0.15, 0.2) is 0 Å². The van der Waals surface area contributed by atoms with Gasteiger partial charge in [0, 0.05) is 5.69 Å². The molecule has 0 spiro atoms. The van der Waals surface area contributed by atoms with Gasteiger partial charge >= 0.3 is 0 Å². The minimum Gasteiger partial charge on any atom is -0.495 e. The van der Waals surface area contributed by atoms with E-state index in [4.69, 9.17) is 27.9 Å². The predicted molar refractivity (Wildman–Crippen MR) is 119 cm³/mol. The number of benzene rings is 3. The number of hydrogen-bond donors (Lipinski definition) is 1. The van der Waals surface area contributed by atoms with E-state index in [1.165, 1.54) is 7.11 Å². The van der Waals surface area contributed by atoms with E-state index in [-0.39, 0.29) is 11.3 Å². The molecule has 30 heavy (non-hydrogen) atoms. The highest BCUT2D eigenvalue weighted by Gasteiger charge is 2.41. The SMILES string of the molecule is COc1ccc(NC2=C(c3ccccc3)C(=O)N(c3ccccc3Cl)C2=O)cc1Cl. The van der Waals surface area contributed by atoms with Gasteiger partial charge in [-0.25, -0.2) is 4.90 Å². The maximum absolute atomic E-state index is 13.3. The molecule has 0 atom stereocenters. The zero-order valence-corrected chi connectivity index (χ0v) is 17.4. The number of nitrogens with one attached hydrogen (secondary N) is 1. The van der Waals surface area contributed by atoms with Gasteiger partial charge in [0.25, 0.3) is 11.8 Å². The minimum absolute atomic E-state index is 0.146. The molecular weight excluding hydrogens is 423 g/mol. The van der Waals surface area contributed by atoms with Crippen molar-refractivity contribution in [3.8, 4) is 5.75 Å². The smallest absolute Gasteiger partial charge is 0.282 e. The molecule has 0 unspecified atom stereocenters. The van der Waals surface area contributed by atoms with Gasteiger partial charge in [-0.2, -0.15) is 0 Å². The lowest BCUT2D eigenvalue weighted by Crippen LogP contribution is -2.32. The minimum atomic E-state index is -0.501. The third kappa shape index (κ3) is 3.54.